The second-order valence-corrected chi connectivity index (χ2v) is 5.49. The molecule has 0 bridgehead atoms. The molecule has 1 rings (SSSR count). The van der Waals surface area contributed by atoms with E-state index in [1.165, 1.54) is 0 Å². The molecule has 1 aliphatic rings. The minimum absolute atomic E-state index is 0.169. The van der Waals surface area contributed by atoms with Crippen molar-refractivity contribution in [2.75, 3.05) is 0 Å². The first kappa shape index (κ1) is 11.2. The Morgan fingerprint density at radius 2 is 1.86 bits per heavy atom. The maximum absolute atomic E-state index is 11.6. The van der Waals surface area contributed by atoms with Crippen LogP contribution >= 0.6 is 0 Å². The van der Waals surface area contributed by atoms with Gasteiger partial charge in [0.25, 0.3) is 0 Å². The highest BCUT2D eigenvalue weighted by Gasteiger charge is 2.63. The van der Waals surface area contributed by atoms with Crippen LogP contribution < -0.4 is 0 Å². The highest BCUT2D eigenvalue weighted by atomic mass is 16.6. The van der Waals surface area contributed by atoms with Crippen molar-refractivity contribution in [3.8, 4) is 0 Å². The fourth-order valence-corrected chi connectivity index (χ4v) is 1.75. The molecule has 0 N–H and O–H groups in total. The van der Waals surface area contributed by atoms with E-state index >= 15 is 0 Å². The lowest BCUT2D eigenvalue weighted by Crippen LogP contribution is -2.26. The van der Waals surface area contributed by atoms with E-state index in [-0.39, 0.29) is 23.2 Å². The van der Waals surface area contributed by atoms with Crippen LogP contribution in [0.4, 0.5) is 0 Å². The molecule has 0 aromatic carbocycles. The van der Waals surface area contributed by atoms with E-state index in [4.69, 9.17) is 4.74 Å². The molecule has 0 aromatic heterocycles. The van der Waals surface area contributed by atoms with Crippen LogP contribution in [0.1, 0.15) is 34.6 Å². The number of hydrogen-bond donors (Lipinski definition) is 0. The molecule has 0 spiro atoms. The van der Waals surface area contributed by atoms with Crippen LogP contribution in [0.3, 0.4) is 0 Å². The van der Waals surface area contributed by atoms with Crippen LogP contribution in [0.25, 0.3) is 0 Å². The van der Waals surface area contributed by atoms with Gasteiger partial charge in [0.2, 0.25) is 0 Å². The van der Waals surface area contributed by atoms with Crippen molar-refractivity contribution < 1.29 is 14.3 Å². The van der Waals surface area contributed by atoms with Crippen molar-refractivity contribution in [3.63, 3.8) is 0 Å². The van der Waals surface area contributed by atoms with Gasteiger partial charge in [-0.05, 0) is 26.2 Å². The predicted molar refractivity (Wildman–Crippen MR) is 52.7 cm³/mol. The zero-order chi connectivity index (χ0) is 11.1. The summed E-state index contributed by atoms with van der Waals surface area (Å²) in [6.07, 6.45) is 0.856. The van der Waals surface area contributed by atoms with Gasteiger partial charge in [0.05, 0.1) is 5.92 Å². The van der Waals surface area contributed by atoms with Crippen molar-refractivity contribution >= 4 is 12.3 Å². The Bertz CT molecular complexity index is 260. The molecule has 3 nitrogen and oxygen atoms in total. The maximum Gasteiger partial charge on any atom is 0.310 e. The van der Waals surface area contributed by atoms with Crippen LogP contribution in [0, 0.1) is 17.3 Å². The van der Waals surface area contributed by atoms with Crippen molar-refractivity contribution in [1.82, 2.24) is 0 Å². The Labute approximate surface area is 84.8 Å². The van der Waals surface area contributed by atoms with Gasteiger partial charge < -0.3 is 9.53 Å². The molecule has 1 saturated carbocycles. The highest BCUT2D eigenvalue weighted by Crippen LogP contribution is 2.57. The summed E-state index contributed by atoms with van der Waals surface area (Å²) in [4.78, 5) is 22.3. The lowest BCUT2D eigenvalue weighted by Gasteiger charge is -2.19. The van der Waals surface area contributed by atoms with Gasteiger partial charge in [0.1, 0.15) is 11.9 Å². The Morgan fingerprint density at radius 3 is 2.14 bits per heavy atom. The van der Waals surface area contributed by atoms with E-state index < -0.39 is 5.60 Å². The summed E-state index contributed by atoms with van der Waals surface area (Å²) in [6.45, 7) is 9.32. The van der Waals surface area contributed by atoms with Crippen molar-refractivity contribution in [2.45, 2.75) is 40.2 Å². The molecule has 0 saturated heterocycles. The van der Waals surface area contributed by atoms with E-state index in [2.05, 4.69) is 0 Å². The molecule has 3 heteroatoms. The van der Waals surface area contributed by atoms with E-state index in [0.717, 1.165) is 6.29 Å². The van der Waals surface area contributed by atoms with Gasteiger partial charge in [0, 0.05) is 5.92 Å². The van der Waals surface area contributed by atoms with Gasteiger partial charge in [-0.2, -0.15) is 0 Å². The average molecular weight is 198 g/mol. The molecule has 14 heavy (non-hydrogen) atoms. The summed E-state index contributed by atoms with van der Waals surface area (Å²) in [5.41, 5.74) is -0.687. The molecule has 1 aliphatic carbocycles. The van der Waals surface area contributed by atoms with E-state index in [1.54, 1.807) is 0 Å². The molecule has 0 radical (unpaired) electrons. The molecule has 0 aliphatic heterocycles. The zero-order valence-electron chi connectivity index (χ0n) is 9.46. The number of esters is 1. The van der Waals surface area contributed by atoms with Crippen LogP contribution in [0.15, 0.2) is 0 Å². The molecular weight excluding hydrogens is 180 g/mol. The average Bonchev–Trinajstić information content (AvgIpc) is 2.48. The van der Waals surface area contributed by atoms with Gasteiger partial charge in [-0.3, -0.25) is 4.79 Å². The third-order valence-electron chi connectivity index (χ3n) is 2.72. The van der Waals surface area contributed by atoms with Crippen LogP contribution in [0.2, 0.25) is 0 Å². The Balaban J connectivity index is 2.62. The number of rotatable bonds is 2. The minimum Gasteiger partial charge on any atom is -0.460 e. The van der Waals surface area contributed by atoms with Crippen molar-refractivity contribution in [2.24, 2.45) is 17.3 Å². The number of aldehydes is 1. The van der Waals surface area contributed by atoms with E-state index in [9.17, 15) is 9.59 Å². The normalized spacial score (nSPS) is 29.5. The smallest absolute Gasteiger partial charge is 0.310 e. The molecule has 2 atom stereocenters. The van der Waals surface area contributed by atoms with E-state index in [1.807, 2.05) is 34.6 Å². The second kappa shape index (κ2) is 3.07. The lowest BCUT2D eigenvalue weighted by atomic mass is 10.1. The highest BCUT2D eigenvalue weighted by molar-refractivity contribution is 5.84. The Hall–Kier alpha value is -0.860. The Kier molecular flexibility index (Phi) is 2.46. The lowest BCUT2D eigenvalue weighted by molar-refractivity contribution is -0.157. The van der Waals surface area contributed by atoms with Crippen molar-refractivity contribution in [3.05, 3.63) is 0 Å². The van der Waals surface area contributed by atoms with Crippen LogP contribution in [-0.4, -0.2) is 17.9 Å². The molecular formula is C11H18O3. The fraction of sp³-hybridized carbons (Fsp3) is 0.818. The third kappa shape index (κ3) is 1.97. The monoisotopic (exact) mass is 198 g/mol. The fourth-order valence-electron chi connectivity index (χ4n) is 1.75. The molecule has 1 unspecified atom stereocenters. The molecule has 0 aromatic rings. The van der Waals surface area contributed by atoms with Crippen LogP contribution in [0.5, 0.6) is 0 Å². The number of carbonyl (C=O) groups is 2. The van der Waals surface area contributed by atoms with Gasteiger partial charge in [0.15, 0.2) is 0 Å². The number of hydrogen-bond acceptors (Lipinski definition) is 3. The van der Waals surface area contributed by atoms with Gasteiger partial charge in [-0.1, -0.05) is 13.8 Å². The SMILES string of the molecule is CC(C)(C)OC(=O)[C@@H]1C(C=O)C1(C)C. The summed E-state index contributed by atoms with van der Waals surface area (Å²) in [5.74, 6) is -0.670. The summed E-state index contributed by atoms with van der Waals surface area (Å²) in [6, 6.07) is 0. The van der Waals surface area contributed by atoms with Gasteiger partial charge >= 0.3 is 5.97 Å². The van der Waals surface area contributed by atoms with Gasteiger partial charge in [-0.15, -0.1) is 0 Å². The van der Waals surface area contributed by atoms with Crippen molar-refractivity contribution in [1.29, 1.82) is 0 Å². The van der Waals surface area contributed by atoms with Gasteiger partial charge in [-0.25, -0.2) is 0 Å². The summed E-state index contributed by atoms with van der Waals surface area (Å²) in [7, 11) is 0. The third-order valence-corrected chi connectivity index (χ3v) is 2.72. The standard InChI is InChI=1S/C11H18O3/c1-10(2,3)14-9(13)8-7(6-12)11(8,4)5/h6-8H,1-5H3/t7?,8-/m0/s1. The minimum atomic E-state index is -0.469. The first-order valence-corrected chi connectivity index (χ1v) is 4.88. The quantitative estimate of drug-likeness (QED) is 0.502. The van der Waals surface area contributed by atoms with Crippen LogP contribution in [-0.2, 0) is 14.3 Å². The maximum atomic E-state index is 11.6. The molecule has 0 heterocycles. The molecule has 1 fully saturated rings. The zero-order valence-corrected chi connectivity index (χ0v) is 9.46. The summed E-state index contributed by atoms with van der Waals surface area (Å²) in [5, 5.41) is 0. The molecule has 0 amide bonds. The number of carbonyl (C=O) groups excluding carboxylic acids is 2. The topological polar surface area (TPSA) is 43.4 Å². The molecule has 80 valence electrons. The largest absolute Gasteiger partial charge is 0.460 e. The summed E-state index contributed by atoms with van der Waals surface area (Å²) < 4.78 is 5.23. The predicted octanol–water partition coefficient (Wildman–Crippen LogP) is 1.80. The Morgan fingerprint density at radius 1 is 1.36 bits per heavy atom. The van der Waals surface area contributed by atoms with E-state index in [0.29, 0.717) is 0 Å². The first-order valence-electron chi connectivity index (χ1n) is 4.88. The summed E-state index contributed by atoms with van der Waals surface area (Å²) >= 11 is 0. The second-order valence-electron chi connectivity index (χ2n) is 5.49. The first-order chi connectivity index (χ1) is 6.20. The number of ether oxygens (including phenoxy) is 1.